The summed E-state index contributed by atoms with van der Waals surface area (Å²) in [4.78, 5) is 25.1. The van der Waals surface area contributed by atoms with Gasteiger partial charge in [-0.1, -0.05) is 18.2 Å². The second-order valence-electron chi connectivity index (χ2n) is 8.22. The van der Waals surface area contributed by atoms with Gasteiger partial charge in [-0.2, -0.15) is 0 Å². The minimum absolute atomic E-state index is 0.0267. The quantitative estimate of drug-likeness (QED) is 0.264. The first-order valence-corrected chi connectivity index (χ1v) is 11.4. The Bertz CT molecular complexity index is 1120. The maximum atomic E-state index is 13.3. The SMILES string of the molecule is COc1ccc(C=CC(=O)c2c(OC)cc(OC)cc2O[C@@H]2O[C@H](CO)[C@@H](O)[C@H](O)[C@H]2NC(C)=O)cc1. The molecule has 1 saturated heterocycles. The molecule has 0 spiro atoms. The zero-order valence-electron chi connectivity index (χ0n) is 20.9. The van der Waals surface area contributed by atoms with Gasteiger partial charge in [0.05, 0.1) is 27.9 Å². The van der Waals surface area contributed by atoms with Gasteiger partial charge in [0, 0.05) is 19.1 Å². The van der Waals surface area contributed by atoms with Gasteiger partial charge < -0.3 is 44.3 Å². The molecule has 11 nitrogen and oxygen atoms in total. The highest BCUT2D eigenvalue weighted by atomic mass is 16.7. The zero-order chi connectivity index (χ0) is 27.1. The van der Waals surface area contributed by atoms with Crippen molar-refractivity contribution in [1.82, 2.24) is 5.32 Å². The maximum Gasteiger partial charge on any atom is 0.223 e. The molecule has 3 rings (SSSR count). The van der Waals surface area contributed by atoms with E-state index >= 15 is 0 Å². The number of rotatable bonds is 10. The van der Waals surface area contributed by atoms with Gasteiger partial charge in [-0.15, -0.1) is 0 Å². The van der Waals surface area contributed by atoms with Gasteiger partial charge in [-0.3, -0.25) is 9.59 Å². The molecule has 1 amide bonds. The van der Waals surface area contributed by atoms with Crippen LogP contribution in [0.2, 0.25) is 0 Å². The van der Waals surface area contributed by atoms with Crippen LogP contribution in [0.4, 0.5) is 0 Å². The van der Waals surface area contributed by atoms with E-state index in [1.54, 1.807) is 37.5 Å². The van der Waals surface area contributed by atoms with Crippen molar-refractivity contribution >= 4 is 17.8 Å². The van der Waals surface area contributed by atoms with Gasteiger partial charge in [0.1, 0.15) is 52.9 Å². The number of benzene rings is 2. The summed E-state index contributed by atoms with van der Waals surface area (Å²) >= 11 is 0. The van der Waals surface area contributed by atoms with Crippen LogP contribution in [0.25, 0.3) is 6.08 Å². The lowest BCUT2D eigenvalue weighted by molar-refractivity contribution is -0.244. The van der Waals surface area contributed by atoms with E-state index in [4.69, 9.17) is 23.7 Å². The highest BCUT2D eigenvalue weighted by Gasteiger charge is 2.46. The van der Waals surface area contributed by atoms with E-state index < -0.39 is 48.9 Å². The summed E-state index contributed by atoms with van der Waals surface area (Å²) in [7, 11) is 4.35. The molecule has 200 valence electrons. The van der Waals surface area contributed by atoms with Crippen LogP contribution >= 0.6 is 0 Å². The van der Waals surface area contributed by atoms with Gasteiger partial charge in [-0.25, -0.2) is 0 Å². The van der Waals surface area contributed by atoms with Crippen molar-refractivity contribution in [3.63, 3.8) is 0 Å². The first-order chi connectivity index (χ1) is 17.7. The molecule has 4 N–H and O–H groups in total. The third-order valence-electron chi connectivity index (χ3n) is 5.78. The second kappa shape index (κ2) is 12.5. The van der Waals surface area contributed by atoms with Gasteiger partial charge in [-0.05, 0) is 23.8 Å². The maximum absolute atomic E-state index is 13.3. The van der Waals surface area contributed by atoms with E-state index in [1.165, 1.54) is 39.4 Å². The van der Waals surface area contributed by atoms with Crippen molar-refractivity contribution in [1.29, 1.82) is 0 Å². The fraction of sp³-hybridized carbons (Fsp3) is 0.385. The lowest BCUT2D eigenvalue weighted by Crippen LogP contribution is -2.65. The molecular formula is C26H31NO10. The summed E-state index contributed by atoms with van der Waals surface area (Å²) in [6, 6.07) is 8.78. The Kier molecular flexibility index (Phi) is 9.48. The molecule has 5 atom stereocenters. The van der Waals surface area contributed by atoms with Crippen LogP contribution in [0.15, 0.2) is 42.5 Å². The molecule has 0 aromatic heterocycles. The fourth-order valence-corrected chi connectivity index (χ4v) is 3.85. The van der Waals surface area contributed by atoms with Crippen molar-refractivity contribution in [3.8, 4) is 23.0 Å². The zero-order valence-corrected chi connectivity index (χ0v) is 20.9. The molecule has 0 unspecified atom stereocenters. The molecule has 1 heterocycles. The number of aliphatic hydroxyl groups excluding tert-OH is 3. The third kappa shape index (κ3) is 6.57. The van der Waals surface area contributed by atoms with E-state index in [9.17, 15) is 24.9 Å². The predicted molar refractivity (Wildman–Crippen MR) is 132 cm³/mol. The highest BCUT2D eigenvalue weighted by Crippen LogP contribution is 2.37. The molecule has 0 aliphatic carbocycles. The lowest BCUT2D eigenvalue weighted by Gasteiger charge is -2.42. The Morgan fingerprint density at radius 2 is 1.62 bits per heavy atom. The van der Waals surface area contributed by atoms with E-state index in [-0.39, 0.29) is 17.1 Å². The molecule has 2 aromatic rings. The van der Waals surface area contributed by atoms with Crippen LogP contribution in [0.5, 0.6) is 23.0 Å². The van der Waals surface area contributed by atoms with Crippen molar-refractivity contribution in [2.45, 2.75) is 37.6 Å². The largest absolute Gasteiger partial charge is 0.497 e. The third-order valence-corrected chi connectivity index (χ3v) is 5.78. The van der Waals surface area contributed by atoms with Crippen LogP contribution in [0.3, 0.4) is 0 Å². The van der Waals surface area contributed by atoms with E-state index in [0.717, 1.165) is 5.56 Å². The Labute approximate surface area is 214 Å². The smallest absolute Gasteiger partial charge is 0.223 e. The van der Waals surface area contributed by atoms with Crippen LogP contribution in [0, 0.1) is 0 Å². The topological polar surface area (TPSA) is 153 Å². The standard InChI is InChI=1S/C26H31NO10/c1-14(29)27-23-25(32)24(31)21(13-28)37-26(23)36-20-12-17(34-3)11-19(35-4)22(20)18(30)10-7-15-5-8-16(33-2)9-6-15/h5-12,21,23-26,28,31-32H,13H2,1-4H3,(H,27,29)/t21-,23-,24-,25-,26-/m1/s1. The molecule has 2 aromatic carbocycles. The molecule has 37 heavy (non-hydrogen) atoms. The van der Waals surface area contributed by atoms with E-state index in [1.807, 2.05) is 0 Å². The molecule has 0 bridgehead atoms. The van der Waals surface area contributed by atoms with Gasteiger partial charge >= 0.3 is 0 Å². The summed E-state index contributed by atoms with van der Waals surface area (Å²) in [5, 5.41) is 32.9. The summed E-state index contributed by atoms with van der Waals surface area (Å²) < 4.78 is 27.5. The monoisotopic (exact) mass is 517 g/mol. The number of carbonyl (C=O) groups is 2. The summed E-state index contributed by atoms with van der Waals surface area (Å²) in [5.41, 5.74) is 0.771. The van der Waals surface area contributed by atoms with Crippen molar-refractivity contribution in [2.75, 3.05) is 27.9 Å². The molecule has 1 fully saturated rings. The average Bonchev–Trinajstić information content (AvgIpc) is 2.90. The molecule has 0 saturated carbocycles. The molecule has 0 radical (unpaired) electrons. The number of hydrogen-bond acceptors (Lipinski definition) is 10. The van der Waals surface area contributed by atoms with Gasteiger partial charge in [0.2, 0.25) is 12.2 Å². The summed E-state index contributed by atoms with van der Waals surface area (Å²) in [5.74, 6) is 0.0971. The minimum atomic E-state index is -1.53. The van der Waals surface area contributed by atoms with Crippen LogP contribution in [0.1, 0.15) is 22.8 Å². The Hall–Kier alpha value is -3.64. The molecular weight excluding hydrogens is 486 g/mol. The average molecular weight is 518 g/mol. The first-order valence-electron chi connectivity index (χ1n) is 11.4. The number of ketones is 1. The van der Waals surface area contributed by atoms with Crippen molar-refractivity contribution in [2.24, 2.45) is 0 Å². The molecule has 1 aliphatic heterocycles. The number of aliphatic hydroxyl groups is 3. The van der Waals surface area contributed by atoms with Crippen LogP contribution < -0.4 is 24.3 Å². The Balaban J connectivity index is 2.00. The number of methoxy groups -OCH3 is 3. The first kappa shape index (κ1) is 27.9. The number of amides is 1. The van der Waals surface area contributed by atoms with Crippen LogP contribution in [-0.4, -0.2) is 85.6 Å². The van der Waals surface area contributed by atoms with E-state index in [0.29, 0.717) is 11.5 Å². The molecule has 11 heteroatoms. The molecule has 1 aliphatic rings. The number of allylic oxidation sites excluding steroid dienone is 1. The Morgan fingerprint density at radius 1 is 0.973 bits per heavy atom. The van der Waals surface area contributed by atoms with Gasteiger partial charge in [0.15, 0.2) is 5.78 Å². The van der Waals surface area contributed by atoms with E-state index in [2.05, 4.69) is 5.32 Å². The van der Waals surface area contributed by atoms with Crippen molar-refractivity contribution in [3.05, 3.63) is 53.6 Å². The second-order valence-corrected chi connectivity index (χ2v) is 8.22. The number of hydrogen-bond donors (Lipinski definition) is 4. The minimum Gasteiger partial charge on any atom is -0.497 e. The summed E-state index contributed by atoms with van der Waals surface area (Å²) in [6.45, 7) is 0.602. The summed E-state index contributed by atoms with van der Waals surface area (Å²) in [6.07, 6.45) is -2.66. The van der Waals surface area contributed by atoms with Gasteiger partial charge in [0.25, 0.3) is 0 Å². The number of ether oxygens (including phenoxy) is 5. The van der Waals surface area contributed by atoms with Crippen LogP contribution in [-0.2, 0) is 9.53 Å². The Morgan fingerprint density at radius 3 is 2.19 bits per heavy atom. The fourth-order valence-electron chi connectivity index (χ4n) is 3.85. The number of carbonyl (C=O) groups excluding carboxylic acids is 2. The van der Waals surface area contributed by atoms with Crippen molar-refractivity contribution < 1.29 is 48.6 Å². The highest BCUT2D eigenvalue weighted by molar-refractivity contribution is 6.10. The number of nitrogens with one attached hydrogen (secondary N) is 1. The predicted octanol–water partition coefficient (Wildman–Crippen LogP) is 0.931. The lowest BCUT2D eigenvalue weighted by atomic mass is 9.97. The normalized spacial score (nSPS) is 23.4.